The summed E-state index contributed by atoms with van der Waals surface area (Å²) >= 11 is 0. The molecule has 0 radical (unpaired) electrons. The zero-order chi connectivity index (χ0) is 18.7. The Balaban J connectivity index is 2.00. The van der Waals surface area contributed by atoms with Crippen LogP contribution in [0, 0.1) is 21.7 Å². The van der Waals surface area contributed by atoms with Crippen LogP contribution in [0.1, 0.15) is 32.6 Å². The molecule has 0 spiro atoms. The maximum Gasteiger partial charge on any atom is 0.353 e. The van der Waals surface area contributed by atoms with Crippen molar-refractivity contribution >= 4 is 23.0 Å². The molecule has 26 heavy (non-hydrogen) atoms. The van der Waals surface area contributed by atoms with E-state index in [0.29, 0.717) is 6.54 Å². The first-order valence-corrected chi connectivity index (χ1v) is 8.49. The molecular weight excluding hydrogens is 344 g/mol. The van der Waals surface area contributed by atoms with Crippen LogP contribution in [0.4, 0.5) is 31.8 Å². The van der Waals surface area contributed by atoms with Crippen LogP contribution in [0.15, 0.2) is 24.5 Å². The third-order valence-corrected chi connectivity index (χ3v) is 4.54. The van der Waals surface area contributed by atoms with E-state index >= 15 is 0 Å². The van der Waals surface area contributed by atoms with Gasteiger partial charge in [-0.1, -0.05) is 6.92 Å². The van der Waals surface area contributed by atoms with Crippen LogP contribution < -0.4 is 10.2 Å². The van der Waals surface area contributed by atoms with Gasteiger partial charge in [0.2, 0.25) is 11.6 Å². The molecule has 1 aromatic carbocycles. The number of piperidine rings is 1. The molecule has 0 aliphatic carbocycles. The number of benzene rings is 1. The van der Waals surface area contributed by atoms with E-state index in [1.807, 2.05) is 11.8 Å². The van der Waals surface area contributed by atoms with Gasteiger partial charge in [-0.05, 0) is 37.8 Å². The molecule has 1 aromatic heterocycles. The van der Waals surface area contributed by atoms with Gasteiger partial charge in [-0.15, -0.1) is 0 Å². The van der Waals surface area contributed by atoms with Gasteiger partial charge >= 0.3 is 5.69 Å². The number of hydrogen-bond donors (Lipinski definition) is 1. The molecule has 1 unspecified atom stereocenters. The van der Waals surface area contributed by atoms with Crippen LogP contribution >= 0.6 is 0 Å². The van der Waals surface area contributed by atoms with Crippen molar-refractivity contribution in [3.05, 3.63) is 46.3 Å². The fraction of sp³-hybridized carbons (Fsp3) is 0.412. The van der Waals surface area contributed by atoms with Crippen LogP contribution in [0.25, 0.3) is 0 Å². The number of nitrogens with one attached hydrogen (secondary N) is 1. The molecule has 1 N–H and O–H groups in total. The summed E-state index contributed by atoms with van der Waals surface area (Å²) in [5.41, 5.74) is -0.0973. The zero-order valence-electron chi connectivity index (χ0n) is 14.3. The maximum atomic E-state index is 13.4. The number of halogens is 2. The second-order valence-corrected chi connectivity index (χ2v) is 6.16. The summed E-state index contributed by atoms with van der Waals surface area (Å²) < 4.78 is 26.5. The Morgan fingerprint density at radius 2 is 2.12 bits per heavy atom. The average Bonchev–Trinajstić information content (AvgIpc) is 2.64. The molecule has 3 rings (SSSR count). The van der Waals surface area contributed by atoms with Crippen LogP contribution in [0.3, 0.4) is 0 Å². The predicted octanol–water partition coefficient (Wildman–Crippen LogP) is 4.18. The molecule has 2 aromatic rings. The number of nitro groups is 1. The Labute approximate surface area is 149 Å². The normalized spacial score (nSPS) is 17.2. The minimum Gasteiger partial charge on any atom is -0.348 e. The lowest BCUT2D eigenvalue weighted by atomic mass is 10.00. The summed E-state index contributed by atoms with van der Waals surface area (Å²) in [7, 11) is 0. The molecule has 1 atom stereocenters. The molecule has 1 fully saturated rings. The highest BCUT2D eigenvalue weighted by molar-refractivity contribution is 5.74. The van der Waals surface area contributed by atoms with Crippen molar-refractivity contribution < 1.29 is 13.7 Å². The molecular formula is C17H19F2N5O2. The van der Waals surface area contributed by atoms with Gasteiger partial charge in [-0.3, -0.25) is 10.1 Å². The molecule has 1 aliphatic rings. The summed E-state index contributed by atoms with van der Waals surface area (Å²) in [5, 5.41) is 14.4. The van der Waals surface area contributed by atoms with Crippen molar-refractivity contribution in [3.63, 3.8) is 0 Å². The largest absolute Gasteiger partial charge is 0.353 e. The Kier molecular flexibility index (Phi) is 5.24. The van der Waals surface area contributed by atoms with Crippen molar-refractivity contribution in [2.45, 2.75) is 38.6 Å². The topological polar surface area (TPSA) is 84.2 Å². The van der Waals surface area contributed by atoms with Gasteiger partial charge in [0.05, 0.1) is 4.92 Å². The van der Waals surface area contributed by atoms with Crippen molar-refractivity contribution in [1.29, 1.82) is 0 Å². The third kappa shape index (κ3) is 3.56. The molecule has 1 aliphatic heterocycles. The first-order valence-electron chi connectivity index (χ1n) is 8.49. The van der Waals surface area contributed by atoms with E-state index < -0.39 is 16.6 Å². The van der Waals surface area contributed by atoms with Gasteiger partial charge in [0.1, 0.15) is 6.33 Å². The second kappa shape index (κ2) is 7.59. The van der Waals surface area contributed by atoms with E-state index in [0.717, 1.165) is 37.8 Å². The van der Waals surface area contributed by atoms with Crippen molar-refractivity contribution in [2.24, 2.45) is 0 Å². The monoisotopic (exact) mass is 363 g/mol. The highest BCUT2D eigenvalue weighted by Crippen LogP contribution is 2.37. The predicted molar refractivity (Wildman–Crippen MR) is 93.6 cm³/mol. The third-order valence-electron chi connectivity index (χ3n) is 4.54. The van der Waals surface area contributed by atoms with Gasteiger partial charge in [0, 0.05) is 24.3 Å². The Morgan fingerprint density at radius 1 is 1.31 bits per heavy atom. The molecule has 0 amide bonds. The number of rotatable bonds is 5. The Morgan fingerprint density at radius 3 is 2.81 bits per heavy atom. The van der Waals surface area contributed by atoms with Crippen LogP contribution in [-0.2, 0) is 0 Å². The molecule has 7 nitrogen and oxygen atoms in total. The molecule has 0 saturated carbocycles. The van der Waals surface area contributed by atoms with Gasteiger partial charge in [0.15, 0.2) is 11.6 Å². The maximum absolute atomic E-state index is 13.4. The van der Waals surface area contributed by atoms with Gasteiger partial charge in [-0.25, -0.2) is 18.7 Å². The lowest BCUT2D eigenvalue weighted by molar-refractivity contribution is -0.383. The van der Waals surface area contributed by atoms with E-state index in [2.05, 4.69) is 15.3 Å². The number of nitrogens with zero attached hydrogens (tertiary/aromatic N) is 4. The minimum absolute atomic E-state index is 0.0496. The van der Waals surface area contributed by atoms with E-state index in [1.54, 1.807) is 0 Å². The molecule has 9 heteroatoms. The Bertz CT molecular complexity index is 818. The lowest BCUT2D eigenvalue weighted by Gasteiger charge is -2.35. The van der Waals surface area contributed by atoms with E-state index in [9.17, 15) is 18.9 Å². The van der Waals surface area contributed by atoms with Crippen molar-refractivity contribution in [1.82, 2.24) is 9.97 Å². The Hall–Kier alpha value is -2.84. The number of hydrogen-bond acceptors (Lipinski definition) is 6. The molecule has 1 saturated heterocycles. The first-order chi connectivity index (χ1) is 12.5. The number of anilines is 3. The van der Waals surface area contributed by atoms with Crippen LogP contribution in [0.2, 0.25) is 0 Å². The van der Waals surface area contributed by atoms with Crippen molar-refractivity contribution in [2.75, 3.05) is 16.8 Å². The zero-order valence-corrected chi connectivity index (χ0v) is 14.3. The first kappa shape index (κ1) is 18.0. The summed E-state index contributed by atoms with van der Waals surface area (Å²) in [5.74, 6) is -1.84. The summed E-state index contributed by atoms with van der Waals surface area (Å²) in [6.45, 7) is 2.72. The molecule has 138 valence electrons. The van der Waals surface area contributed by atoms with Gasteiger partial charge in [-0.2, -0.15) is 0 Å². The smallest absolute Gasteiger partial charge is 0.348 e. The number of aromatic nitrogens is 2. The molecule has 0 bridgehead atoms. The highest BCUT2D eigenvalue weighted by atomic mass is 19.2. The summed E-state index contributed by atoms with van der Waals surface area (Å²) in [6, 6.07) is 3.34. The van der Waals surface area contributed by atoms with Crippen LogP contribution in [0.5, 0.6) is 0 Å². The lowest BCUT2D eigenvalue weighted by Crippen LogP contribution is -2.40. The van der Waals surface area contributed by atoms with E-state index in [1.165, 1.54) is 12.4 Å². The summed E-state index contributed by atoms with van der Waals surface area (Å²) in [6.07, 6.45) is 5.06. The van der Waals surface area contributed by atoms with Crippen molar-refractivity contribution in [3.8, 4) is 0 Å². The quantitative estimate of drug-likeness (QED) is 0.634. The minimum atomic E-state index is -1.05. The molecule has 2 heterocycles. The van der Waals surface area contributed by atoms with Crippen LogP contribution in [-0.4, -0.2) is 27.5 Å². The van der Waals surface area contributed by atoms with Gasteiger partial charge < -0.3 is 10.2 Å². The summed E-state index contributed by atoms with van der Waals surface area (Å²) in [4.78, 5) is 21.2. The van der Waals surface area contributed by atoms with Gasteiger partial charge in [0.25, 0.3) is 0 Å². The standard InChI is InChI=1S/C17H19F2N5O2/c1-2-12-5-3-4-8-23(12)17-15(24(25)26)16(20-10-21-17)22-11-6-7-13(18)14(19)9-11/h6-7,9-10,12H,2-5,8H2,1H3,(H,20,21,22). The SMILES string of the molecule is CCC1CCCCN1c1ncnc(Nc2ccc(F)c(F)c2)c1[N+](=O)[O-]. The second-order valence-electron chi connectivity index (χ2n) is 6.16. The van der Waals surface area contributed by atoms with E-state index in [4.69, 9.17) is 0 Å². The fourth-order valence-electron chi connectivity index (χ4n) is 3.25. The highest BCUT2D eigenvalue weighted by Gasteiger charge is 2.31. The fourth-order valence-corrected chi connectivity index (χ4v) is 3.25. The average molecular weight is 363 g/mol. The van der Waals surface area contributed by atoms with E-state index in [-0.39, 0.29) is 29.1 Å².